The molecule has 7 nitrogen and oxygen atoms in total. The van der Waals surface area contributed by atoms with Crippen molar-refractivity contribution in [3.8, 4) is 5.75 Å². The molecule has 0 aromatic heterocycles. The van der Waals surface area contributed by atoms with E-state index >= 15 is 4.39 Å². The van der Waals surface area contributed by atoms with Crippen LogP contribution >= 0.6 is 0 Å². The van der Waals surface area contributed by atoms with Gasteiger partial charge in [-0.15, -0.1) is 0 Å². The van der Waals surface area contributed by atoms with Crippen LogP contribution in [0.3, 0.4) is 0 Å². The molecule has 44 heavy (non-hydrogen) atoms. The van der Waals surface area contributed by atoms with Crippen molar-refractivity contribution in [2.75, 3.05) is 21.6 Å². The minimum absolute atomic E-state index is 0.0659. The molecule has 0 bridgehead atoms. The second-order valence-corrected chi connectivity index (χ2v) is 12.2. The number of sulfonamides is 1. The number of rotatable bonds is 8. The molecule has 5 aromatic rings. The molecule has 1 amide bonds. The predicted molar refractivity (Wildman–Crippen MR) is 170 cm³/mol. The van der Waals surface area contributed by atoms with Crippen LogP contribution in [0.4, 0.5) is 21.5 Å². The highest BCUT2D eigenvalue weighted by atomic mass is 32.2. The van der Waals surface area contributed by atoms with E-state index in [4.69, 9.17) is 4.74 Å². The maximum Gasteiger partial charge on any atom is 0.262 e. The normalized spacial score (nSPS) is 14.7. The third-order valence-corrected chi connectivity index (χ3v) is 8.99. The fraction of sp³-hybridized carbons (Fsp3) is 0.114. The number of carbonyl (C=O) groups excluding carboxylic acids is 1. The Morgan fingerprint density at radius 1 is 0.841 bits per heavy atom. The van der Waals surface area contributed by atoms with Crippen LogP contribution in [-0.2, 0) is 16.6 Å². The number of anilines is 3. The molecule has 0 unspecified atom stereocenters. The molecule has 1 aliphatic rings. The van der Waals surface area contributed by atoms with Crippen molar-refractivity contribution in [2.45, 2.75) is 24.5 Å². The molecule has 0 fully saturated rings. The average molecular weight is 608 g/mol. The molecule has 0 spiro atoms. The summed E-state index contributed by atoms with van der Waals surface area (Å²) in [4.78, 5) is 17.8. The Balaban J connectivity index is 1.53. The molecular weight excluding hydrogens is 577 g/mol. The number of methoxy groups -OCH3 is 1. The van der Waals surface area contributed by atoms with Gasteiger partial charge in [-0.2, -0.15) is 0 Å². The van der Waals surface area contributed by atoms with Gasteiger partial charge in [0.05, 0.1) is 23.3 Å². The molecule has 1 aliphatic heterocycles. The van der Waals surface area contributed by atoms with Crippen LogP contribution in [0, 0.1) is 12.7 Å². The summed E-state index contributed by atoms with van der Waals surface area (Å²) < 4.78 is 50.5. The van der Waals surface area contributed by atoms with Gasteiger partial charge in [0, 0.05) is 23.5 Å². The average Bonchev–Trinajstić information content (AvgIpc) is 3.04. The molecule has 9 heteroatoms. The van der Waals surface area contributed by atoms with Gasteiger partial charge in [0.2, 0.25) is 0 Å². The van der Waals surface area contributed by atoms with Gasteiger partial charge in [-0.05, 0) is 73.2 Å². The predicted octanol–water partition coefficient (Wildman–Crippen LogP) is 7.31. The number of ether oxygens (including phenoxy) is 1. The molecule has 0 aliphatic carbocycles. The van der Waals surface area contributed by atoms with Crippen molar-refractivity contribution >= 4 is 33.0 Å². The molecule has 0 saturated heterocycles. The van der Waals surface area contributed by atoms with Gasteiger partial charge >= 0.3 is 0 Å². The van der Waals surface area contributed by atoms with Gasteiger partial charge in [0.25, 0.3) is 15.9 Å². The number of aryl methyl sites for hydroxylation is 1. The van der Waals surface area contributed by atoms with Crippen molar-refractivity contribution < 1.29 is 22.3 Å². The van der Waals surface area contributed by atoms with Crippen molar-refractivity contribution in [1.82, 2.24) is 0 Å². The molecule has 1 atom stereocenters. The third kappa shape index (κ3) is 5.61. The highest BCUT2D eigenvalue weighted by Gasteiger charge is 2.41. The number of amides is 1. The molecule has 0 radical (unpaired) electrons. The first-order valence-electron chi connectivity index (χ1n) is 14.0. The topological polar surface area (TPSA) is 78.9 Å². The summed E-state index contributed by atoms with van der Waals surface area (Å²) in [5.41, 5.74) is 3.80. The lowest BCUT2D eigenvalue weighted by Gasteiger charge is -2.46. The van der Waals surface area contributed by atoms with E-state index in [9.17, 15) is 13.2 Å². The molecular formula is C35H30FN3O4S. The van der Waals surface area contributed by atoms with E-state index in [1.165, 1.54) is 23.1 Å². The molecule has 1 heterocycles. The quantitative estimate of drug-likeness (QED) is 0.200. The van der Waals surface area contributed by atoms with Gasteiger partial charge in [0.1, 0.15) is 17.7 Å². The van der Waals surface area contributed by atoms with Crippen LogP contribution in [0.1, 0.15) is 33.2 Å². The van der Waals surface area contributed by atoms with Crippen LogP contribution in [0.2, 0.25) is 0 Å². The maximum absolute atomic E-state index is 15.6. The number of hydrogen-bond acceptors (Lipinski definition) is 5. The van der Waals surface area contributed by atoms with E-state index in [2.05, 4.69) is 4.72 Å². The van der Waals surface area contributed by atoms with Crippen molar-refractivity contribution in [3.05, 3.63) is 149 Å². The number of nitrogens with zero attached hydrogens (tertiary/aromatic N) is 2. The first kappa shape index (κ1) is 28.9. The van der Waals surface area contributed by atoms with Crippen molar-refractivity contribution in [2.24, 2.45) is 0 Å². The van der Waals surface area contributed by atoms with Gasteiger partial charge in [0.15, 0.2) is 0 Å². The van der Waals surface area contributed by atoms with E-state index in [0.717, 1.165) is 11.1 Å². The van der Waals surface area contributed by atoms with E-state index in [1.54, 1.807) is 67.8 Å². The fourth-order valence-electron chi connectivity index (χ4n) is 5.40. The molecule has 6 rings (SSSR count). The van der Waals surface area contributed by atoms with Crippen LogP contribution in [-0.4, -0.2) is 21.4 Å². The number of benzene rings is 5. The summed E-state index contributed by atoms with van der Waals surface area (Å²) in [7, 11) is -2.49. The number of halogens is 1. The molecule has 0 saturated carbocycles. The van der Waals surface area contributed by atoms with Crippen molar-refractivity contribution in [1.29, 1.82) is 0 Å². The summed E-state index contributed by atoms with van der Waals surface area (Å²) in [6, 6.07) is 34.4. The lowest BCUT2D eigenvalue weighted by Crippen LogP contribution is -2.50. The molecule has 5 aromatic carbocycles. The summed E-state index contributed by atoms with van der Waals surface area (Å²) in [6.45, 7) is 2.23. The highest BCUT2D eigenvalue weighted by Crippen LogP contribution is 2.44. The Bertz CT molecular complexity index is 1910. The van der Waals surface area contributed by atoms with Gasteiger partial charge in [-0.3, -0.25) is 14.4 Å². The first-order chi connectivity index (χ1) is 21.2. The Morgan fingerprint density at radius 2 is 1.52 bits per heavy atom. The van der Waals surface area contributed by atoms with Crippen LogP contribution in [0.25, 0.3) is 0 Å². The fourth-order valence-corrected chi connectivity index (χ4v) is 6.48. The largest absolute Gasteiger partial charge is 0.497 e. The number of nitrogens with one attached hydrogen (secondary N) is 1. The number of carbonyl (C=O) groups is 1. The number of fused-ring (bicyclic) bond motifs is 1. The minimum atomic E-state index is -4.04. The van der Waals surface area contributed by atoms with Gasteiger partial charge < -0.3 is 9.64 Å². The Kier molecular flexibility index (Phi) is 7.80. The molecule has 222 valence electrons. The SMILES string of the molecule is COc1ccc(N2C(=O)c3cc(S(=O)(=O)Nc4ccc(C)cc4)ccc3N(Cc3ccccc3)[C@H]2c2ccccc2F)cc1. The van der Waals surface area contributed by atoms with Crippen LogP contribution < -0.4 is 19.3 Å². The van der Waals surface area contributed by atoms with E-state index in [-0.39, 0.29) is 10.5 Å². The zero-order valence-electron chi connectivity index (χ0n) is 24.1. The Labute approximate surface area is 256 Å². The Morgan fingerprint density at radius 3 is 2.20 bits per heavy atom. The van der Waals surface area contributed by atoms with Gasteiger partial charge in [-0.25, -0.2) is 12.8 Å². The second kappa shape index (κ2) is 11.9. The highest BCUT2D eigenvalue weighted by molar-refractivity contribution is 7.92. The Hall–Kier alpha value is -5.15. The summed E-state index contributed by atoms with van der Waals surface area (Å²) in [5, 5.41) is 0. The summed E-state index contributed by atoms with van der Waals surface area (Å²) >= 11 is 0. The molecule has 1 N–H and O–H groups in total. The van der Waals surface area contributed by atoms with E-state index in [0.29, 0.717) is 34.9 Å². The van der Waals surface area contributed by atoms with Crippen LogP contribution in [0.5, 0.6) is 5.75 Å². The van der Waals surface area contributed by atoms with E-state index in [1.807, 2.05) is 54.3 Å². The van der Waals surface area contributed by atoms with Gasteiger partial charge in [-0.1, -0.05) is 66.2 Å². The minimum Gasteiger partial charge on any atom is -0.497 e. The lowest BCUT2D eigenvalue weighted by atomic mass is 9.98. The summed E-state index contributed by atoms with van der Waals surface area (Å²) in [5.74, 6) is -0.334. The standard InChI is InChI=1S/C35H30FN3O4S/c1-24-12-14-26(15-13-24)37-44(41,42)29-20-21-33-31(22-29)35(40)39(27-16-18-28(43-2)19-17-27)34(30-10-6-7-11-32(30)36)38(33)23-25-8-4-3-5-9-25/h3-22,34,37H,23H2,1-2H3/t34-/m1/s1. The maximum atomic E-state index is 15.6. The zero-order chi connectivity index (χ0) is 30.8. The third-order valence-electron chi connectivity index (χ3n) is 7.61. The zero-order valence-corrected chi connectivity index (χ0v) is 25.0. The first-order valence-corrected chi connectivity index (χ1v) is 15.5. The lowest BCUT2D eigenvalue weighted by molar-refractivity contribution is 0.0967. The van der Waals surface area contributed by atoms with E-state index < -0.39 is 27.9 Å². The smallest absolute Gasteiger partial charge is 0.262 e. The number of hydrogen-bond donors (Lipinski definition) is 1. The van der Waals surface area contributed by atoms with Crippen molar-refractivity contribution in [3.63, 3.8) is 0 Å². The summed E-state index contributed by atoms with van der Waals surface area (Å²) in [6.07, 6.45) is -0.877. The van der Waals surface area contributed by atoms with Crippen LogP contribution in [0.15, 0.2) is 126 Å². The second-order valence-electron chi connectivity index (χ2n) is 10.5. The monoisotopic (exact) mass is 607 g/mol.